The number of methoxy groups -OCH3 is 3. The maximum atomic E-state index is 13.0. The third-order valence-corrected chi connectivity index (χ3v) is 5.18. The highest BCUT2D eigenvalue weighted by Gasteiger charge is 2.26. The minimum Gasteiger partial charge on any atom is -0.493 e. The third kappa shape index (κ3) is 5.93. The Morgan fingerprint density at radius 3 is 1.81 bits per heavy atom. The van der Waals surface area contributed by atoms with Gasteiger partial charge in [-0.1, -0.05) is 46.8 Å². The van der Waals surface area contributed by atoms with E-state index in [0.717, 1.165) is 5.56 Å². The van der Waals surface area contributed by atoms with Crippen molar-refractivity contribution in [3.05, 3.63) is 47.5 Å². The van der Waals surface area contributed by atoms with Gasteiger partial charge in [0, 0.05) is 23.4 Å². The van der Waals surface area contributed by atoms with Gasteiger partial charge < -0.3 is 24.8 Å². The normalized spacial score (nSPS) is 12.2. The summed E-state index contributed by atoms with van der Waals surface area (Å²) in [5, 5.41) is 5.69. The van der Waals surface area contributed by atoms with Crippen LogP contribution in [0.4, 0.5) is 5.69 Å². The number of carbonyl (C=O) groups is 2. The third-order valence-electron chi connectivity index (χ3n) is 5.18. The van der Waals surface area contributed by atoms with Crippen LogP contribution in [0.3, 0.4) is 0 Å². The second kappa shape index (κ2) is 10.4. The van der Waals surface area contributed by atoms with Gasteiger partial charge in [-0.2, -0.15) is 0 Å². The number of amides is 2. The van der Waals surface area contributed by atoms with E-state index in [1.165, 1.54) is 21.3 Å². The molecular formula is C25H34N2O5. The molecule has 0 heterocycles. The Kier molecular flexibility index (Phi) is 8.14. The summed E-state index contributed by atoms with van der Waals surface area (Å²) >= 11 is 0. The Hall–Kier alpha value is -3.22. The highest BCUT2D eigenvalue weighted by atomic mass is 16.5. The van der Waals surface area contributed by atoms with Crippen molar-refractivity contribution in [2.45, 2.75) is 46.1 Å². The average molecular weight is 443 g/mol. The molecule has 174 valence electrons. The minimum atomic E-state index is -0.733. The molecule has 0 aliphatic heterocycles. The molecule has 0 aromatic heterocycles. The van der Waals surface area contributed by atoms with Gasteiger partial charge in [0.05, 0.1) is 21.3 Å². The fourth-order valence-electron chi connectivity index (χ4n) is 3.25. The van der Waals surface area contributed by atoms with Crippen molar-refractivity contribution in [3.8, 4) is 17.2 Å². The number of hydrogen-bond donors (Lipinski definition) is 2. The topological polar surface area (TPSA) is 85.9 Å². The van der Waals surface area contributed by atoms with E-state index in [0.29, 0.717) is 28.5 Å². The first-order valence-corrected chi connectivity index (χ1v) is 10.5. The van der Waals surface area contributed by atoms with Crippen LogP contribution in [-0.4, -0.2) is 39.2 Å². The number of benzene rings is 2. The van der Waals surface area contributed by atoms with Crippen LogP contribution in [0, 0.1) is 5.92 Å². The number of nitrogens with one attached hydrogen (secondary N) is 2. The molecule has 1 atom stereocenters. The lowest BCUT2D eigenvalue weighted by atomic mass is 9.86. The molecule has 0 fully saturated rings. The molecule has 0 aliphatic carbocycles. The SMILES string of the molecule is COc1cc(NC(=O)C(NC(=O)c2ccc(C(C)(C)C)cc2)C(C)C)cc(OC)c1OC. The van der Waals surface area contributed by atoms with Crippen LogP contribution >= 0.6 is 0 Å². The van der Waals surface area contributed by atoms with E-state index in [-0.39, 0.29) is 23.1 Å². The monoisotopic (exact) mass is 442 g/mol. The number of carbonyl (C=O) groups excluding carboxylic acids is 2. The maximum Gasteiger partial charge on any atom is 0.251 e. The predicted molar refractivity (Wildman–Crippen MR) is 126 cm³/mol. The van der Waals surface area contributed by atoms with Crippen molar-refractivity contribution in [1.29, 1.82) is 0 Å². The van der Waals surface area contributed by atoms with Crippen LogP contribution in [-0.2, 0) is 10.2 Å². The van der Waals surface area contributed by atoms with Crippen molar-refractivity contribution < 1.29 is 23.8 Å². The van der Waals surface area contributed by atoms with Crippen LogP contribution in [0.2, 0.25) is 0 Å². The summed E-state index contributed by atoms with van der Waals surface area (Å²) in [7, 11) is 4.52. The van der Waals surface area contributed by atoms with Crippen LogP contribution < -0.4 is 24.8 Å². The van der Waals surface area contributed by atoms with Crippen molar-refractivity contribution in [2.75, 3.05) is 26.6 Å². The lowest BCUT2D eigenvalue weighted by molar-refractivity contribution is -0.118. The van der Waals surface area contributed by atoms with E-state index in [2.05, 4.69) is 31.4 Å². The summed E-state index contributed by atoms with van der Waals surface area (Å²) in [6.45, 7) is 10.1. The Labute approximate surface area is 190 Å². The molecule has 0 saturated carbocycles. The largest absolute Gasteiger partial charge is 0.493 e. The Balaban J connectivity index is 2.20. The van der Waals surface area contributed by atoms with E-state index in [1.807, 2.05) is 26.0 Å². The quantitative estimate of drug-likeness (QED) is 0.633. The van der Waals surface area contributed by atoms with Crippen molar-refractivity contribution >= 4 is 17.5 Å². The summed E-state index contributed by atoms with van der Waals surface area (Å²) in [4.78, 5) is 25.8. The molecule has 2 amide bonds. The molecule has 7 nitrogen and oxygen atoms in total. The molecule has 0 aliphatic rings. The molecule has 0 bridgehead atoms. The molecule has 2 aromatic rings. The Morgan fingerprint density at radius 1 is 0.875 bits per heavy atom. The summed E-state index contributed by atoms with van der Waals surface area (Å²) in [5.74, 6) is 0.505. The van der Waals surface area contributed by atoms with E-state index in [1.54, 1.807) is 24.3 Å². The standard InChI is InChI=1S/C25H34N2O5/c1-15(2)21(27-23(28)16-9-11-17(12-10-16)25(3,4)5)24(29)26-18-13-19(30-6)22(32-8)20(14-18)31-7/h9-15,21H,1-8H3,(H,26,29)(H,27,28). The average Bonchev–Trinajstić information content (AvgIpc) is 2.75. The first-order valence-electron chi connectivity index (χ1n) is 10.5. The van der Waals surface area contributed by atoms with Gasteiger partial charge in [0.1, 0.15) is 6.04 Å². The lowest BCUT2D eigenvalue weighted by Gasteiger charge is -2.23. The second-order valence-corrected chi connectivity index (χ2v) is 8.93. The van der Waals surface area contributed by atoms with Gasteiger partial charge in [-0.05, 0) is 29.0 Å². The lowest BCUT2D eigenvalue weighted by Crippen LogP contribution is -2.47. The zero-order valence-corrected chi connectivity index (χ0v) is 20.2. The van der Waals surface area contributed by atoms with Gasteiger partial charge in [0.15, 0.2) is 11.5 Å². The second-order valence-electron chi connectivity index (χ2n) is 8.93. The van der Waals surface area contributed by atoms with Gasteiger partial charge in [-0.3, -0.25) is 9.59 Å². The predicted octanol–water partition coefficient (Wildman–Crippen LogP) is 4.40. The van der Waals surface area contributed by atoms with Crippen LogP contribution in [0.5, 0.6) is 17.2 Å². The van der Waals surface area contributed by atoms with Crippen LogP contribution in [0.1, 0.15) is 50.5 Å². The summed E-state index contributed by atoms with van der Waals surface area (Å²) in [6.07, 6.45) is 0. The molecule has 0 radical (unpaired) electrons. The van der Waals surface area contributed by atoms with Gasteiger partial charge in [-0.15, -0.1) is 0 Å². The minimum absolute atomic E-state index is 0.00413. The maximum absolute atomic E-state index is 13.0. The van der Waals surface area contributed by atoms with E-state index < -0.39 is 6.04 Å². The summed E-state index contributed by atoms with van der Waals surface area (Å²) in [6, 6.07) is 10.00. The fraction of sp³-hybridized carbons (Fsp3) is 0.440. The van der Waals surface area contributed by atoms with E-state index in [9.17, 15) is 9.59 Å². The van der Waals surface area contributed by atoms with Crippen LogP contribution in [0.15, 0.2) is 36.4 Å². The molecular weight excluding hydrogens is 408 g/mol. The van der Waals surface area contributed by atoms with Crippen molar-refractivity contribution in [3.63, 3.8) is 0 Å². The molecule has 0 saturated heterocycles. The molecule has 1 unspecified atom stereocenters. The first kappa shape index (κ1) is 25.0. The van der Waals surface area contributed by atoms with Gasteiger partial charge in [0.25, 0.3) is 5.91 Å². The van der Waals surface area contributed by atoms with E-state index in [4.69, 9.17) is 14.2 Å². The Bertz CT molecular complexity index is 921. The molecule has 2 rings (SSSR count). The molecule has 2 aromatic carbocycles. The number of hydrogen-bond acceptors (Lipinski definition) is 5. The zero-order valence-electron chi connectivity index (χ0n) is 20.2. The number of anilines is 1. The van der Waals surface area contributed by atoms with Crippen molar-refractivity contribution in [1.82, 2.24) is 5.32 Å². The number of ether oxygens (including phenoxy) is 3. The zero-order chi connectivity index (χ0) is 24.1. The molecule has 0 spiro atoms. The van der Waals surface area contributed by atoms with Gasteiger partial charge in [-0.25, -0.2) is 0 Å². The highest BCUT2D eigenvalue weighted by Crippen LogP contribution is 2.40. The first-order chi connectivity index (χ1) is 15.0. The van der Waals surface area contributed by atoms with E-state index >= 15 is 0 Å². The molecule has 2 N–H and O–H groups in total. The summed E-state index contributed by atoms with van der Waals surface area (Å²) in [5.41, 5.74) is 2.10. The molecule has 32 heavy (non-hydrogen) atoms. The fourth-order valence-corrected chi connectivity index (χ4v) is 3.25. The smallest absolute Gasteiger partial charge is 0.251 e. The van der Waals surface area contributed by atoms with Crippen LogP contribution in [0.25, 0.3) is 0 Å². The van der Waals surface area contributed by atoms with Gasteiger partial charge >= 0.3 is 0 Å². The van der Waals surface area contributed by atoms with Gasteiger partial charge in [0.2, 0.25) is 11.7 Å². The Morgan fingerprint density at radius 2 is 1.41 bits per heavy atom. The van der Waals surface area contributed by atoms with Crippen molar-refractivity contribution in [2.24, 2.45) is 5.92 Å². The highest BCUT2D eigenvalue weighted by molar-refractivity contribution is 6.01. The number of rotatable bonds is 8. The molecule has 7 heteroatoms. The summed E-state index contributed by atoms with van der Waals surface area (Å²) < 4.78 is 16.0.